The highest BCUT2D eigenvalue weighted by Gasteiger charge is 2.41. The number of aliphatic hydroxyl groups excluding tert-OH is 1. The highest BCUT2D eigenvalue weighted by molar-refractivity contribution is 6.36. The molecule has 0 spiro atoms. The maximum absolute atomic E-state index is 13.4. The number of rotatable bonds is 9. The van der Waals surface area contributed by atoms with Crippen molar-refractivity contribution < 1.29 is 14.7 Å². The normalized spacial score (nSPS) is 17.2. The number of halogens is 1. The van der Waals surface area contributed by atoms with E-state index in [9.17, 15) is 14.7 Å². The number of carbonyl (C=O) groups is 2. The highest BCUT2D eigenvalue weighted by Crippen LogP contribution is 2.48. The predicted molar refractivity (Wildman–Crippen MR) is 182 cm³/mol. The van der Waals surface area contributed by atoms with Crippen LogP contribution >= 0.6 is 11.6 Å². The lowest BCUT2D eigenvalue weighted by atomic mass is 9.98. The van der Waals surface area contributed by atoms with Gasteiger partial charge < -0.3 is 30.2 Å². The number of aliphatic hydroxyl groups is 1. The van der Waals surface area contributed by atoms with Gasteiger partial charge in [0.2, 0.25) is 0 Å². The van der Waals surface area contributed by atoms with Gasteiger partial charge in [-0.2, -0.15) is 0 Å². The van der Waals surface area contributed by atoms with Crippen LogP contribution in [0.15, 0.2) is 36.4 Å². The summed E-state index contributed by atoms with van der Waals surface area (Å²) in [5, 5.41) is 16.1. The second-order valence-corrected chi connectivity index (χ2v) is 13.8. The van der Waals surface area contributed by atoms with Crippen molar-refractivity contribution in [2.45, 2.75) is 52.1 Å². The molecule has 2 aliphatic heterocycles. The van der Waals surface area contributed by atoms with Crippen molar-refractivity contribution in [1.29, 1.82) is 0 Å². The number of nitrogens with one attached hydrogen (secondary N) is 3. The number of aromatic nitrogens is 4. The van der Waals surface area contributed by atoms with Crippen LogP contribution in [0.1, 0.15) is 68.8 Å². The fraction of sp³-hybridized carbons (Fsp3) is 0.429. The van der Waals surface area contributed by atoms with E-state index in [4.69, 9.17) is 11.6 Å². The minimum atomic E-state index is -0.317. The van der Waals surface area contributed by atoms with Gasteiger partial charge in [-0.05, 0) is 68.5 Å². The number of benzene rings is 2. The molecule has 4 aromatic rings. The quantitative estimate of drug-likeness (QED) is 0.204. The van der Waals surface area contributed by atoms with E-state index in [1.54, 1.807) is 6.07 Å². The van der Waals surface area contributed by atoms with Crippen LogP contribution in [0.3, 0.4) is 0 Å². The highest BCUT2D eigenvalue weighted by atomic mass is 35.5. The second kappa shape index (κ2) is 12.5. The molecule has 0 unspecified atom stereocenters. The molecule has 7 rings (SSSR count). The Bertz CT molecular complexity index is 1860. The van der Waals surface area contributed by atoms with Crippen LogP contribution in [-0.4, -0.2) is 79.5 Å². The molecular formula is C35H41ClN8O3. The predicted octanol–water partition coefficient (Wildman–Crippen LogP) is 4.79. The Hall–Kier alpha value is -4.03. The average molecular weight is 657 g/mol. The van der Waals surface area contributed by atoms with E-state index >= 15 is 0 Å². The van der Waals surface area contributed by atoms with Crippen LogP contribution in [0.4, 0.5) is 11.4 Å². The molecule has 1 aliphatic carbocycles. The largest absolute Gasteiger partial charge is 0.396 e. The van der Waals surface area contributed by atoms with Crippen molar-refractivity contribution in [3.8, 4) is 11.1 Å². The molecule has 2 aromatic carbocycles. The van der Waals surface area contributed by atoms with Gasteiger partial charge in [0.15, 0.2) is 11.6 Å². The van der Waals surface area contributed by atoms with Gasteiger partial charge in [0.05, 0.1) is 22.1 Å². The van der Waals surface area contributed by atoms with E-state index in [1.807, 2.05) is 55.9 Å². The van der Waals surface area contributed by atoms with Gasteiger partial charge in [-0.3, -0.25) is 14.5 Å². The molecule has 3 aliphatic rings. The molecule has 2 aromatic heterocycles. The summed E-state index contributed by atoms with van der Waals surface area (Å²) in [6.45, 7) is 6.37. The van der Waals surface area contributed by atoms with Gasteiger partial charge in [-0.1, -0.05) is 35.9 Å². The summed E-state index contributed by atoms with van der Waals surface area (Å²) in [6, 6.07) is 11.2. The van der Waals surface area contributed by atoms with Gasteiger partial charge in [-0.25, -0.2) is 9.97 Å². The van der Waals surface area contributed by atoms with Crippen LogP contribution in [0.5, 0.6) is 0 Å². The summed E-state index contributed by atoms with van der Waals surface area (Å²) in [5.41, 5.74) is 7.60. The average Bonchev–Trinajstić information content (AvgIpc) is 3.60. The van der Waals surface area contributed by atoms with Crippen molar-refractivity contribution in [1.82, 2.24) is 29.3 Å². The van der Waals surface area contributed by atoms with E-state index in [0.29, 0.717) is 41.1 Å². The number of anilines is 2. The number of amides is 2. The number of fused-ring (bicyclic) bond motifs is 2. The van der Waals surface area contributed by atoms with E-state index in [1.165, 1.54) is 0 Å². The number of carbonyl (C=O) groups excluding carboxylic acids is 2. The number of likely N-dealkylation sites (N-methyl/N-ethyl adjacent to an activating group) is 1. The van der Waals surface area contributed by atoms with Crippen LogP contribution in [0.25, 0.3) is 11.1 Å². The molecule has 0 atom stereocenters. The number of nitrogens with zero attached hydrogens (tertiary/aromatic N) is 5. The Morgan fingerprint density at radius 2 is 1.70 bits per heavy atom. The number of hydrogen-bond donors (Lipinski definition) is 4. The van der Waals surface area contributed by atoms with Crippen LogP contribution < -0.4 is 10.6 Å². The maximum atomic E-state index is 13.4. The number of imidazole rings is 2. The summed E-state index contributed by atoms with van der Waals surface area (Å²) in [5.74, 6) is 0.0245. The Morgan fingerprint density at radius 1 is 0.957 bits per heavy atom. The first-order chi connectivity index (χ1) is 22.6. The van der Waals surface area contributed by atoms with Gasteiger partial charge in [-0.15, -0.1) is 0 Å². The lowest BCUT2D eigenvalue weighted by Gasteiger charge is -2.27. The van der Waals surface area contributed by atoms with E-state index in [2.05, 4.69) is 35.4 Å². The van der Waals surface area contributed by atoms with Crippen LogP contribution in [0, 0.1) is 12.3 Å². The molecule has 246 valence electrons. The van der Waals surface area contributed by atoms with Crippen molar-refractivity contribution in [2.24, 2.45) is 12.5 Å². The SMILES string of the molecule is Cc1c(NC(=O)c2nc3c([nH]2)CCN(CCC2(CO)CC2)C3)cccc1-c1cccc(NC(=O)c2nc3c(n2C)CCN(C)C3)c1Cl. The summed E-state index contributed by atoms with van der Waals surface area (Å²) < 4.78 is 1.87. The third-order valence-corrected chi connectivity index (χ3v) is 10.6. The van der Waals surface area contributed by atoms with Crippen molar-refractivity contribution >= 4 is 34.8 Å². The standard InChI is InChI=1S/C35H41ClN8O3/c1-21-22(23-7-5-9-26(30(23)36)41-34(47)32-39-28-18-42(2)15-11-29(28)43(32)3)6-4-8-24(21)40-33(46)31-37-25-10-16-44(19-27(25)38-31)17-14-35(20-45)12-13-35/h4-9,45H,10-20H2,1-3H3,(H,37,38)(H,40,46)(H,41,47). The third-order valence-electron chi connectivity index (χ3n) is 10.2. The third kappa shape index (κ3) is 6.20. The molecule has 4 N–H and O–H groups in total. The molecule has 12 heteroatoms. The molecule has 11 nitrogen and oxygen atoms in total. The fourth-order valence-corrected chi connectivity index (χ4v) is 7.10. The summed E-state index contributed by atoms with van der Waals surface area (Å²) in [6.07, 6.45) is 4.86. The minimum absolute atomic E-state index is 0.125. The molecule has 1 saturated carbocycles. The Morgan fingerprint density at radius 3 is 2.47 bits per heavy atom. The first-order valence-electron chi connectivity index (χ1n) is 16.3. The Labute approximate surface area is 279 Å². The Kier molecular flexibility index (Phi) is 8.42. The summed E-state index contributed by atoms with van der Waals surface area (Å²) in [7, 11) is 3.93. The number of hydrogen-bond acceptors (Lipinski definition) is 7. The van der Waals surface area contributed by atoms with Crippen molar-refractivity contribution in [2.75, 3.05) is 43.9 Å². The number of aromatic amines is 1. The molecule has 1 fully saturated rings. The van der Waals surface area contributed by atoms with E-state index < -0.39 is 0 Å². The van der Waals surface area contributed by atoms with Gasteiger partial charge in [0.1, 0.15) is 0 Å². The monoisotopic (exact) mass is 656 g/mol. The number of H-pyrrole nitrogens is 1. The van der Waals surface area contributed by atoms with Crippen molar-refractivity contribution in [3.05, 3.63) is 81.4 Å². The van der Waals surface area contributed by atoms with Gasteiger partial charge in [0, 0.05) is 75.3 Å². The minimum Gasteiger partial charge on any atom is -0.396 e. The summed E-state index contributed by atoms with van der Waals surface area (Å²) >= 11 is 6.92. The van der Waals surface area contributed by atoms with E-state index in [0.717, 1.165) is 91.2 Å². The second-order valence-electron chi connectivity index (χ2n) is 13.4. The molecular weight excluding hydrogens is 616 g/mol. The van der Waals surface area contributed by atoms with Gasteiger partial charge >= 0.3 is 0 Å². The van der Waals surface area contributed by atoms with E-state index in [-0.39, 0.29) is 23.8 Å². The smallest absolute Gasteiger partial charge is 0.291 e. The Balaban J connectivity index is 1.05. The van der Waals surface area contributed by atoms with Crippen LogP contribution in [0.2, 0.25) is 5.02 Å². The zero-order chi connectivity index (χ0) is 32.9. The molecule has 0 saturated heterocycles. The first-order valence-corrected chi connectivity index (χ1v) is 16.7. The fourth-order valence-electron chi connectivity index (χ4n) is 6.82. The maximum Gasteiger partial charge on any atom is 0.291 e. The first kappa shape index (κ1) is 31.6. The topological polar surface area (TPSA) is 131 Å². The molecule has 0 bridgehead atoms. The molecule has 4 heterocycles. The summed E-state index contributed by atoms with van der Waals surface area (Å²) in [4.78, 5) is 43.8. The molecule has 0 radical (unpaired) electrons. The molecule has 2 amide bonds. The van der Waals surface area contributed by atoms with Gasteiger partial charge in [0.25, 0.3) is 11.8 Å². The van der Waals surface area contributed by atoms with Crippen LogP contribution in [-0.2, 0) is 33.0 Å². The lowest BCUT2D eigenvalue weighted by Crippen LogP contribution is -2.33. The molecule has 47 heavy (non-hydrogen) atoms. The lowest BCUT2D eigenvalue weighted by molar-refractivity contribution is 0.100. The van der Waals surface area contributed by atoms with Crippen molar-refractivity contribution in [3.63, 3.8) is 0 Å². The zero-order valence-electron chi connectivity index (χ0n) is 27.1. The zero-order valence-corrected chi connectivity index (χ0v) is 27.9.